The van der Waals surface area contributed by atoms with E-state index in [2.05, 4.69) is 0 Å². The van der Waals surface area contributed by atoms with Crippen molar-refractivity contribution in [1.82, 2.24) is 4.90 Å². The summed E-state index contributed by atoms with van der Waals surface area (Å²) in [4.78, 5) is 25.4. The Morgan fingerprint density at radius 3 is 2.14 bits per heavy atom. The molecule has 0 bridgehead atoms. The SMILES string of the molecule is CC(C)[C@H](C(N)=O)N(C(=O)OCc1ccccc1)C(C)C. The number of primary amides is 1. The minimum absolute atomic E-state index is 0.0748. The van der Waals surface area contributed by atoms with Crippen molar-refractivity contribution in [2.24, 2.45) is 11.7 Å². The number of hydrogen-bond acceptors (Lipinski definition) is 3. The van der Waals surface area contributed by atoms with E-state index in [-0.39, 0.29) is 18.6 Å². The highest BCUT2D eigenvalue weighted by atomic mass is 16.6. The van der Waals surface area contributed by atoms with E-state index < -0.39 is 18.0 Å². The summed E-state index contributed by atoms with van der Waals surface area (Å²) < 4.78 is 5.31. The predicted molar refractivity (Wildman–Crippen MR) is 81.4 cm³/mol. The average Bonchev–Trinajstić information content (AvgIpc) is 2.41. The summed E-state index contributed by atoms with van der Waals surface area (Å²) in [6, 6.07) is 8.56. The van der Waals surface area contributed by atoms with Gasteiger partial charge in [-0.3, -0.25) is 9.69 Å². The number of amides is 2. The Hall–Kier alpha value is -2.04. The standard InChI is InChI=1S/C16H24N2O3/c1-11(2)14(15(17)19)18(12(3)4)16(20)21-10-13-8-6-5-7-9-13/h5-9,11-12,14H,10H2,1-4H3,(H2,17,19)/t14-/m1/s1. The van der Waals surface area contributed by atoms with Crippen LogP contribution in [0.3, 0.4) is 0 Å². The molecular formula is C16H24N2O3. The summed E-state index contributed by atoms with van der Waals surface area (Å²) >= 11 is 0. The molecule has 0 saturated carbocycles. The molecule has 1 rings (SSSR count). The molecule has 0 saturated heterocycles. The quantitative estimate of drug-likeness (QED) is 0.875. The van der Waals surface area contributed by atoms with Gasteiger partial charge in [0.15, 0.2) is 0 Å². The molecule has 0 aliphatic heterocycles. The van der Waals surface area contributed by atoms with Gasteiger partial charge < -0.3 is 10.5 Å². The lowest BCUT2D eigenvalue weighted by atomic mass is 10.0. The normalized spacial score (nSPS) is 12.3. The monoisotopic (exact) mass is 292 g/mol. The molecule has 0 unspecified atom stereocenters. The zero-order valence-corrected chi connectivity index (χ0v) is 13.1. The van der Waals surface area contributed by atoms with E-state index in [0.717, 1.165) is 5.56 Å². The summed E-state index contributed by atoms with van der Waals surface area (Å²) in [7, 11) is 0. The molecule has 1 aromatic carbocycles. The molecular weight excluding hydrogens is 268 g/mol. The summed E-state index contributed by atoms with van der Waals surface area (Å²) in [6.45, 7) is 7.56. The Morgan fingerprint density at radius 2 is 1.71 bits per heavy atom. The Balaban J connectivity index is 2.80. The molecule has 5 nitrogen and oxygen atoms in total. The molecule has 5 heteroatoms. The number of benzene rings is 1. The van der Waals surface area contributed by atoms with E-state index in [1.165, 1.54) is 4.90 Å². The topological polar surface area (TPSA) is 72.6 Å². The van der Waals surface area contributed by atoms with Crippen molar-refractivity contribution in [3.8, 4) is 0 Å². The molecule has 0 radical (unpaired) electrons. The predicted octanol–water partition coefficient (Wildman–Crippen LogP) is 2.54. The van der Waals surface area contributed by atoms with Crippen LogP contribution in [0.2, 0.25) is 0 Å². The molecule has 0 heterocycles. The molecule has 0 aliphatic carbocycles. The number of ether oxygens (including phenoxy) is 1. The molecule has 0 fully saturated rings. The largest absolute Gasteiger partial charge is 0.445 e. The van der Waals surface area contributed by atoms with Gasteiger partial charge in [-0.05, 0) is 25.3 Å². The number of rotatable bonds is 6. The lowest BCUT2D eigenvalue weighted by molar-refractivity contribution is -0.125. The molecule has 0 spiro atoms. The second-order valence-corrected chi connectivity index (χ2v) is 5.63. The first-order valence-corrected chi connectivity index (χ1v) is 7.13. The lowest BCUT2D eigenvalue weighted by Crippen LogP contribution is -2.53. The van der Waals surface area contributed by atoms with Gasteiger partial charge in [-0.2, -0.15) is 0 Å². The van der Waals surface area contributed by atoms with Crippen LogP contribution >= 0.6 is 0 Å². The number of nitrogens with zero attached hydrogens (tertiary/aromatic N) is 1. The third-order valence-corrected chi connectivity index (χ3v) is 3.19. The number of carbonyl (C=O) groups is 2. The van der Waals surface area contributed by atoms with E-state index in [4.69, 9.17) is 10.5 Å². The Bertz CT molecular complexity index is 472. The molecule has 0 aromatic heterocycles. The summed E-state index contributed by atoms with van der Waals surface area (Å²) in [6.07, 6.45) is -0.522. The van der Waals surface area contributed by atoms with E-state index >= 15 is 0 Å². The third kappa shape index (κ3) is 4.77. The first-order chi connectivity index (χ1) is 9.84. The van der Waals surface area contributed by atoms with Crippen molar-refractivity contribution in [1.29, 1.82) is 0 Å². The van der Waals surface area contributed by atoms with Crippen LogP contribution in [0.15, 0.2) is 30.3 Å². The maximum atomic E-state index is 12.3. The van der Waals surface area contributed by atoms with Crippen LogP contribution in [0.1, 0.15) is 33.3 Å². The van der Waals surface area contributed by atoms with Gasteiger partial charge in [0.25, 0.3) is 0 Å². The van der Waals surface area contributed by atoms with Gasteiger partial charge in [0, 0.05) is 6.04 Å². The van der Waals surface area contributed by atoms with Gasteiger partial charge in [-0.1, -0.05) is 44.2 Å². The van der Waals surface area contributed by atoms with Crippen molar-refractivity contribution >= 4 is 12.0 Å². The van der Waals surface area contributed by atoms with Gasteiger partial charge in [-0.15, -0.1) is 0 Å². The van der Waals surface area contributed by atoms with Crippen LogP contribution in [0, 0.1) is 5.92 Å². The summed E-state index contributed by atoms with van der Waals surface area (Å²) in [5, 5.41) is 0. The van der Waals surface area contributed by atoms with Crippen LogP contribution in [0.5, 0.6) is 0 Å². The van der Waals surface area contributed by atoms with Crippen LogP contribution in [-0.4, -0.2) is 29.0 Å². The smallest absolute Gasteiger partial charge is 0.411 e. The number of nitrogens with two attached hydrogens (primary N) is 1. The zero-order chi connectivity index (χ0) is 16.0. The minimum atomic E-state index is -0.673. The van der Waals surface area contributed by atoms with Crippen molar-refractivity contribution in [2.75, 3.05) is 0 Å². The minimum Gasteiger partial charge on any atom is -0.445 e. The highest BCUT2D eigenvalue weighted by Crippen LogP contribution is 2.16. The lowest BCUT2D eigenvalue weighted by Gasteiger charge is -2.34. The van der Waals surface area contributed by atoms with Crippen molar-refractivity contribution < 1.29 is 14.3 Å². The summed E-state index contributed by atoms with van der Waals surface area (Å²) in [5.41, 5.74) is 6.33. The Kier molecular flexibility index (Phi) is 6.21. The fourth-order valence-corrected chi connectivity index (χ4v) is 2.23. The molecule has 116 valence electrons. The number of carbonyl (C=O) groups excluding carboxylic acids is 2. The van der Waals surface area contributed by atoms with Crippen molar-refractivity contribution in [2.45, 2.75) is 46.4 Å². The van der Waals surface area contributed by atoms with Gasteiger partial charge in [0.2, 0.25) is 5.91 Å². The molecule has 2 N–H and O–H groups in total. The third-order valence-electron chi connectivity index (χ3n) is 3.19. The van der Waals surface area contributed by atoms with Crippen LogP contribution in [0.25, 0.3) is 0 Å². The van der Waals surface area contributed by atoms with Gasteiger partial charge in [0.1, 0.15) is 12.6 Å². The highest BCUT2D eigenvalue weighted by Gasteiger charge is 2.33. The first-order valence-electron chi connectivity index (χ1n) is 7.13. The van der Waals surface area contributed by atoms with Gasteiger partial charge >= 0.3 is 6.09 Å². The first kappa shape index (κ1) is 17.0. The second-order valence-electron chi connectivity index (χ2n) is 5.63. The van der Waals surface area contributed by atoms with Gasteiger partial charge in [-0.25, -0.2) is 4.79 Å². The number of hydrogen-bond donors (Lipinski definition) is 1. The fourth-order valence-electron chi connectivity index (χ4n) is 2.23. The van der Waals surface area contributed by atoms with E-state index in [1.54, 1.807) is 0 Å². The van der Waals surface area contributed by atoms with Crippen LogP contribution in [-0.2, 0) is 16.1 Å². The van der Waals surface area contributed by atoms with Crippen LogP contribution < -0.4 is 5.73 Å². The maximum absolute atomic E-state index is 12.3. The fraction of sp³-hybridized carbons (Fsp3) is 0.500. The molecule has 0 aliphatic rings. The van der Waals surface area contributed by atoms with E-state index in [1.807, 2.05) is 58.0 Å². The zero-order valence-electron chi connectivity index (χ0n) is 13.1. The average molecular weight is 292 g/mol. The summed E-state index contributed by atoms with van der Waals surface area (Å²) in [5.74, 6) is -0.593. The van der Waals surface area contributed by atoms with E-state index in [9.17, 15) is 9.59 Å². The Morgan fingerprint density at radius 1 is 1.14 bits per heavy atom. The maximum Gasteiger partial charge on any atom is 0.411 e. The highest BCUT2D eigenvalue weighted by molar-refractivity contribution is 5.84. The van der Waals surface area contributed by atoms with Crippen molar-refractivity contribution in [3.05, 3.63) is 35.9 Å². The molecule has 2 amide bonds. The van der Waals surface area contributed by atoms with Crippen molar-refractivity contribution in [3.63, 3.8) is 0 Å². The molecule has 1 aromatic rings. The molecule has 1 atom stereocenters. The Labute approximate surface area is 126 Å². The van der Waals surface area contributed by atoms with Crippen LogP contribution in [0.4, 0.5) is 4.79 Å². The van der Waals surface area contributed by atoms with Gasteiger partial charge in [0.05, 0.1) is 0 Å². The van der Waals surface area contributed by atoms with E-state index in [0.29, 0.717) is 0 Å². The second kappa shape index (κ2) is 7.67. The molecule has 21 heavy (non-hydrogen) atoms.